The Bertz CT molecular complexity index is 527. The van der Waals surface area contributed by atoms with Crippen molar-refractivity contribution in [1.82, 2.24) is 10.6 Å². The van der Waals surface area contributed by atoms with Crippen molar-refractivity contribution in [2.45, 2.75) is 30.8 Å². The molecule has 1 saturated heterocycles. The molecular weight excluding hydrogens is 302 g/mol. The summed E-state index contributed by atoms with van der Waals surface area (Å²) in [6.07, 6.45) is 0.204. The van der Waals surface area contributed by atoms with Gasteiger partial charge in [-0.15, -0.1) is 12.4 Å². The number of ether oxygens (including phenoxy) is 1. The SMILES string of the molecule is Cl.O=C(NC1CCOc2ccccc21)C1CC(F)(F)CN1. The predicted octanol–water partition coefficient (Wildman–Crippen LogP) is 2.05. The Labute approximate surface area is 127 Å². The molecule has 7 heteroatoms. The molecule has 1 amide bonds. The van der Waals surface area contributed by atoms with Crippen molar-refractivity contribution in [2.75, 3.05) is 13.2 Å². The maximum atomic E-state index is 13.1. The molecule has 0 aromatic heterocycles. The molecular formula is C14H17ClF2N2O2. The van der Waals surface area contributed by atoms with Crippen LogP contribution in [-0.2, 0) is 4.79 Å². The molecule has 0 saturated carbocycles. The Morgan fingerprint density at radius 1 is 1.38 bits per heavy atom. The summed E-state index contributed by atoms with van der Waals surface area (Å²) < 4.78 is 31.7. The van der Waals surface area contributed by atoms with Crippen molar-refractivity contribution in [3.05, 3.63) is 29.8 Å². The predicted molar refractivity (Wildman–Crippen MR) is 76.0 cm³/mol. The fraction of sp³-hybridized carbons (Fsp3) is 0.500. The number of alkyl halides is 2. The van der Waals surface area contributed by atoms with Gasteiger partial charge in [0, 0.05) is 18.4 Å². The Morgan fingerprint density at radius 2 is 2.14 bits per heavy atom. The maximum absolute atomic E-state index is 13.1. The largest absolute Gasteiger partial charge is 0.493 e. The number of hydrogen-bond acceptors (Lipinski definition) is 3. The summed E-state index contributed by atoms with van der Waals surface area (Å²) in [5.41, 5.74) is 0.900. The zero-order valence-corrected chi connectivity index (χ0v) is 12.1. The standard InChI is InChI=1S/C14H16F2N2O2.ClH/c15-14(16)7-11(17-8-14)13(19)18-10-5-6-20-12-4-2-1-3-9(10)12;/h1-4,10-11,17H,5-8H2,(H,18,19);1H. The Kier molecular flexibility index (Phi) is 4.68. The minimum atomic E-state index is -2.80. The van der Waals surface area contributed by atoms with Crippen LogP contribution in [0.4, 0.5) is 8.78 Å². The first-order valence-corrected chi connectivity index (χ1v) is 6.68. The number of fused-ring (bicyclic) bond motifs is 1. The number of rotatable bonds is 2. The molecule has 2 unspecified atom stereocenters. The van der Waals surface area contributed by atoms with Crippen LogP contribution in [-0.4, -0.2) is 31.0 Å². The zero-order chi connectivity index (χ0) is 14.2. The normalized spacial score (nSPS) is 26.2. The first-order chi connectivity index (χ1) is 9.55. The molecule has 0 bridgehead atoms. The summed E-state index contributed by atoms with van der Waals surface area (Å²) in [5.74, 6) is -2.42. The van der Waals surface area contributed by atoms with Crippen molar-refractivity contribution in [1.29, 1.82) is 0 Å². The van der Waals surface area contributed by atoms with Crippen LogP contribution < -0.4 is 15.4 Å². The molecule has 0 aliphatic carbocycles. The van der Waals surface area contributed by atoms with Gasteiger partial charge in [-0.3, -0.25) is 10.1 Å². The summed E-state index contributed by atoms with van der Waals surface area (Å²) in [4.78, 5) is 12.1. The highest BCUT2D eigenvalue weighted by atomic mass is 35.5. The molecule has 0 radical (unpaired) electrons. The summed E-state index contributed by atoms with van der Waals surface area (Å²) in [6.45, 7) is 0.0751. The van der Waals surface area contributed by atoms with E-state index in [1.54, 1.807) is 0 Å². The average molecular weight is 319 g/mol. The van der Waals surface area contributed by atoms with E-state index in [0.29, 0.717) is 13.0 Å². The van der Waals surface area contributed by atoms with Crippen LogP contribution in [0.25, 0.3) is 0 Å². The van der Waals surface area contributed by atoms with Gasteiger partial charge >= 0.3 is 0 Å². The number of carbonyl (C=O) groups excluding carboxylic acids is 1. The highest BCUT2D eigenvalue weighted by molar-refractivity contribution is 5.85. The molecule has 2 aliphatic heterocycles. The third kappa shape index (κ3) is 3.44. The molecule has 2 aliphatic rings. The van der Waals surface area contributed by atoms with Gasteiger partial charge in [0.2, 0.25) is 5.91 Å². The van der Waals surface area contributed by atoms with Crippen molar-refractivity contribution in [3.63, 3.8) is 0 Å². The van der Waals surface area contributed by atoms with Crippen LogP contribution >= 0.6 is 12.4 Å². The number of hydrogen-bond donors (Lipinski definition) is 2. The average Bonchev–Trinajstić information content (AvgIpc) is 2.80. The van der Waals surface area contributed by atoms with Gasteiger partial charge in [0.25, 0.3) is 5.92 Å². The number of benzene rings is 1. The lowest BCUT2D eigenvalue weighted by Gasteiger charge is -2.27. The maximum Gasteiger partial charge on any atom is 0.262 e. The Morgan fingerprint density at radius 3 is 2.86 bits per heavy atom. The van der Waals surface area contributed by atoms with Gasteiger partial charge in [-0.25, -0.2) is 8.78 Å². The van der Waals surface area contributed by atoms with E-state index in [0.717, 1.165) is 11.3 Å². The van der Waals surface area contributed by atoms with Crippen LogP contribution in [0, 0.1) is 0 Å². The molecule has 1 aromatic carbocycles. The van der Waals surface area contributed by atoms with Gasteiger partial charge in [-0.1, -0.05) is 18.2 Å². The fourth-order valence-electron chi connectivity index (χ4n) is 2.67. The molecule has 4 nitrogen and oxygen atoms in total. The lowest BCUT2D eigenvalue weighted by atomic mass is 10.00. The second kappa shape index (κ2) is 6.15. The van der Waals surface area contributed by atoms with E-state index in [-0.39, 0.29) is 24.4 Å². The van der Waals surface area contributed by atoms with E-state index < -0.39 is 24.9 Å². The van der Waals surface area contributed by atoms with E-state index in [2.05, 4.69) is 10.6 Å². The molecule has 1 fully saturated rings. The van der Waals surface area contributed by atoms with Gasteiger partial charge < -0.3 is 10.1 Å². The summed E-state index contributed by atoms with van der Waals surface area (Å²) in [7, 11) is 0. The third-order valence-electron chi connectivity index (χ3n) is 3.70. The van der Waals surface area contributed by atoms with Gasteiger partial charge in [0.1, 0.15) is 5.75 Å². The Balaban J connectivity index is 0.00000161. The number of nitrogens with one attached hydrogen (secondary N) is 2. The molecule has 0 spiro atoms. The first-order valence-electron chi connectivity index (χ1n) is 6.68. The second-order valence-corrected chi connectivity index (χ2v) is 5.23. The minimum absolute atomic E-state index is 0. The minimum Gasteiger partial charge on any atom is -0.493 e. The van der Waals surface area contributed by atoms with E-state index in [4.69, 9.17) is 4.74 Å². The smallest absolute Gasteiger partial charge is 0.262 e. The fourth-order valence-corrected chi connectivity index (χ4v) is 2.67. The topological polar surface area (TPSA) is 50.4 Å². The molecule has 1 aromatic rings. The summed E-state index contributed by atoms with van der Waals surface area (Å²) in [6, 6.07) is 6.46. The lowest BCUT2D eigenvalue weighted by Crippen LogP contribution is -2.43. The number of carbonyl (C=O) groups is 1. The monoisotopic (exact) mass is 318 g/mol. The molecule has 2 N–H and O–H groups in total. The zero-order valence-electron chi connectivity index (χ0n) is 11.3. The van der Waals surface area contributed by atoms with E-state index in [9.17, 15) is 13.6 Å². The quantitative estimate of drug-likeness (QED) is 0.877. The van der Waals surface area contributed by atoms with E-state index in [1.165, 1.54) is 0 Å². The molecule has 3 rings (SSSR count). The van der Waals surface area contributed by atoms with Gasteiger partial charge in [-0.2, -0.15) is 0 Å². The lowest BCUT2D eigenvalue weighted by molar-refractivity contribution is -0.124. The van der Waals surface area contributed by atoms with Crippen LogP contribution in [0.1, 0.15) is 24.4 Å². The van der Waals surface area contributed by atoms with Crippen LogP contribution in [0.2, 0.25) is 0 Å². The van der Waals surface area contributed by atoms with Crippen LogP contribution in [0.3, 0.4) is 0 Å². The number of halogens is 3. The molecule has 2 heterocycles. The van der Waals surface area contributed by atoms with Crippen LogP contribution in [0.5, 0.6) is 5.75 Å². The highest BCUT2D eigenvalue weighted by Gasteiger charge is 2.42. The summed E-state index contributed by atoms with van der Waals surface area (Å²) in [5, 5.41) is 5.41. The number of para-hydroxylation sites is 1. The van der Waals surface area contributed by atoms with E-state index in [1.807, 2.05) is 24.3 Å². The van der Waals surface area contributed by atoms with Crippen LogP contribution in [0.15, 0.2) is 24.3 Å². The van der Waals surface area contributed by atoms with Crippen molar-refractivity contribution >= 4 is 18.3 Å². The van der Waals surface area contributed by atoms with Crippen molar-refractivity contribution in [3.8, 4) is 5.75 Å². The van der Waals surface area contributed by atoms with Gasteiger partial charge in [-0.05, 0) is 6.07 Å². The highest BCUT2D eigenvalue weighted by Crippen LogP contribution is 2.32. The number of amides is 1. The van der Waals surface area contributed by atoms with Gasteiger partial charge in [0.05, 0.1) is 25.2 Å². The third-order valence-corrected chi connectivity index (χ3v) is 3.70. The molecule has 116 valence electrons. The second-order valence-electron chi connectivity index (χ2n) is 5.23. The Hall–Kier alpha value is -1.40. The first kappa shape index (κ1) is 16.0. The van der Waals surface area contributed by atoms with Crippen molar-refractivity contribution in [2.24, 2.45) is 0 Å². The molecule has 2 atom stereocenters. The van der Waals surface area contributed by atoms with Crippen molar-refractivity contribution < 1.29 is 18.3 Å². The van der Waals surface area contributed by atoms with Gasteiger partial charge in [0.15, 0.2) is 0 Å². The van der Waals surface area contributed by atoms with E-state index >= 15 is 0 Å². The molecule has 21 heavy (non-hydrogen) atoms. The summed E-state index contributed by atoms with van der Waals surface area (Å²) >= 11 is 0.